The van der Waals surface area contributed by atoms with Gasteiger partial charge in [0.05, 0.1) is 12.4 Å². The zero-order valence-corrected chi connectivity index (χ0v) is 12.3. The molecule has 0 spiro atoms. The van der Waals surface area contributed by atoms with Crippen molar-refractivity contribution in [2.45, 2.75) is 37.6 Å². The van der Waals surface area contributed by atoms with E-state index in [2.05, 4.69) is 40.5 Å². The Hall–Kier alpha value is -1.81. The van der Waals surface area contributed by atoms with Gasteiger partial charge in [0.2, 0.25) is 0 Å². The second-order valence-electron chi connectivity index (χ2n) is 6.00. The highest BCUT2D eigenvalue weighted by atomic mass is 16.1. The largest absolute Gasteiger partial charge is 0.368 e. The van der Waals surface area contributed by atoms with E-state index in [4.69, 9.17) is 5.73 Å². The molecule has 1 heterocycles. The quantitative estimate of drug-likeness (QED) is 0.892. The highest BCUT2D eigenvalue weighted by molar-refractivity contribution is 5.91. The number of carbonyl (C=O) groups excluding carboxylic acids is 1. The predicted molar refractivity (Wildman–Crippen MR) is 83.4 cm³/mol. The van der Waals surface area contributed by atoms with E-state index in [1.165, 1.54) is 31.2 Å². The Bertz CT molecular complexity index is 518. The highest BCUT2D eigenvalue weighted by Crippen LogP contribution is 2.34. The van der Waals surface area contributed by atoms with Crippen LogP contribution in [0.1, 0.15) is 37.2 Å². The van der Waals surface area contributed by atoms with Gasteiger partial charge in [-0.05, 0) is 43.2 Å². The predicted octanol–water partition coefficient (Wildman–Crippen LogP) is 1.94. The van der Waals surface area contributed by atoms with Gasteiger partial charge >= 0.3 is 0 Å². The summed E-state index contributed by atoms with van der Waals surface area (Å²) in [7, 11) is 0. The molecule has 2 aliphatic rings. The number of primary amides is 1. The summed E-state index contributed by atoms with van der Waals surface area (Å²) in [6, 6.07) is 11.4. The molecule has 0 aromatic heterocycles. The molecule has 1 aliphatic heterocycles. The third kappa shape index (κ3) is 3.27. The minimum atomic E-state index is -0.359. The average molecular weight is 285 g/mol. The van der Waals surface area contributed by atoms with Crippen molar-refractivity contribution in [1.29, 1.82) is 0 Å². The number of amides is 1. The molecular formula is C17H23N3O. The van der Waals surface area contributed by atoms with Crippen LogP contribution in [0, 0.1) is 0 Å². The normalized spacial score (nSPS) is 26.8. The molecule has 0 bridgehead atoms. The van der Waals surface area contributed by atoms with E-state index in [1.54, 1.807) is 0 Å². The van der Waals surface area contributed by atoms with Gasteiger partial charge in [0.15, 0.2) is 0 Å². The van der Waals surface area contributed by atoms with Crippen molar-refractivity contribution in [2.75, 3.05) is 13.2 Å². The maximum atomic E-state index is 11.1. The maximum Gasteiger partial charge on any atom is 0.264 e. The molecule has 21 heavy (non-hydrogen) atoms. The number of nitrogens with two attached hydrogens (primary N) is 1. The minimum Gasteiger partial charge on any atom is -0.368 e. The summed E-state index contributed by atoms with van der Waals surface area (Å²) in [5, 5.41) is 3.12. The summed E-state index contributed by atoms with van der Waals surface area (Å²) in [5.41, 5.74) is 7.32. The third-order valence-corrected chi connectivity index (χ3v) is 4.75. The molecule has 0 saturated heterocycles. The SMILES string of the molecule is NC(=O)C1=CCN(C2CCC(c3ccccc3)CC2)CN1. The molecule has 1 fully saturated rings. The number of hydrogen-bond donors (Lipinski definition) is 2. The fourth-order valence-corrected chi connectivity index (χ4v) is 3.50. The molecule has 4 nitrogen and oxygen atoms in total. The van der Waals surface area contributed by atoms with Crippen molar-refractivity contribution >= 4 is 5.91 Å². The lowest BCUT2D eigenvalue weighted by atomic mass is 9.81. The van der Waals surface area contributed by atoms with E-state index in [9.17, 15) is 4.79 Å². The zero-order chi connectivity index (χ0) is 14.7. The van der Waals surface area contributed by atoms with E-state index in [1.807, 2.05) is 6.08 Å². The Labute approximate surface area is 126 Å². The molecule has 112 valence electrons. The van der Waals surface area contributed by atoms with Crippen LogP contribution in [-0.2, 0) is 4.79 Å². The van der Waals surface area contributed by atoms with Crippen LogP contribution in [-0.4, -0.2) is 30.1 Å². The lowest BCUT2D eigenvalue weighted by molar-refractivity contribution is -0.115. The van der Waals surface area contributed by atoms with Gasteiger partial charge in [0.1, 0.15) is 0 Å². The lowest BCUT2D eigenvalue weighted by Crippen LogP contribution is -2.47. The summed E-state index contributed by atoms with van der Waals surface area (Å²) in [6.45, 7) is 1.56. The van der Waals surface area contributed by atoms with E-state index in [-0.39, 0.29) is 5.91 Å². The van der Waals surface area contributed by atoms with Crippen molar-refractivity contribution in [2.24, 2.45) is 5.73 Å². The number of rotatable bonds is 3. The van der Waals surface area contributed by atoms with Crippen LogP contribution < -0.4 is 11.1 Å². The first kappa shape index (κ1) is 14.1. The van der Waals surface area contributed by atoms with Crippen LogP contribution in [0.4, 0.5) is 0 Å². The molecule has 0 atom stereocenters. The fraction of sp³-hybridized carbons (Fsp3) is 0.471. The van der Waals surface area contributed by atoms with Gasteiger partial charge in [0.25, 0.3) is 5.91 Å². The number of carbonyl (C=O) groups is 1. The molecule has 3 rings (SSSR count). The van der Waals surface area contributed by atoms with Crippen LogP contribution in [0.2, 0.25) is 0 Å². The Morgan fingerprint density at radius 2 is 1.86 bits per heavy atom. The third-order valence-electron chi connectivity index (χ3n) is 4.75. The fourth-order valence-electron chi connectivity index (χ4n) is 3.50. The summed E-state index contributed by atoms with van der Waals surface area (Å²) < 4.78 is 0. The average Bonchev–Trinajstić information content (AvgIpc) is 2.56. The van der Waals surface area contributed by atoms with Crippen LogP contribution in [0.5, 0.6) is 0 Å². The Morgan fingerprint density at radius 1 is 1.14 bits per heavy atom. The molecule has 1 aliphatic carbocycles. The van der Waals surface area contributed by atoms with Crippen molar-refractivity contribution in [3.8, 4) is 0 Å². The zero-order valence-electron chi connectivity index (χ0n) is 12.3. The van der Waals surface area contributed by atoms with Crippen LogP contribution in [0.3, 0.4) is 0 Å². The lowest BCUT2D eigenvalue weighted by Gasteiger charge is -2.38. The number of hydrogen-bond acceptors (Lipinski definition) is 3. The number of benzene rings is 1. The van der Waals surface area contributed by atoms with Gasteiger partial charge < -0.3 is 11.1 Å². The van der Waals surface area contributed by atoms with Gasteiger partial charge in [-0.2, -0.15) is 0 Å². The maximum absolute atomic E-state index is 11.1. The van der Waals surface area contributed by atoms with Crippen LogP contribution in [0.15, 0.2) is 42.1 Å². The summed E-state index contributed by atoms with van der Waals surface area (Å²) in [5.74, 6) is 0.347. The first-order chi connectivity index (χ1) is 10.2. The van der Waals surface area contributed by atoms with Gasteiger partial charge in [-0.15, -0.1) is 0 Å². The summed E-state index contributed by atoms with van der Waals surface area (Å²) in [4.78, 5) is 13.5. The molecule has 1 saturated carbocycles. The number of nitrogens with zero attached hydrogens (tertiary/aromatic N) is 1. The first-order valence-corrected chi connectivity index (χ1v) is 7.77. The molecule has 4 heteroatoms. The van der Waals surface area contributed by atoms with Crippen LogP contribution in [0.25, 0.3) is 0 Å². The second-order valence-corrected chi connectivity index (χ2v) is 6.00. The topological polar surface area (TPSA) is 58.4 Å². The van der Waals surface area contributed by atoms with E-state index >= 15 is 0 Å². The van der Waals surface area contributed by atoms with E-state index < -0.39 is 0 Å². The van der Waals surface area contributed by atoms with E-state index in [0.717, 1.165) is 13.2 Å². The Balaban J connectivity index is 1.54. The smallest absolute Gasteiger partial charge is 0.264 e. The van der Waals surface area contributed by atoms with Crippen molar-refractivity contribution in [3.63, 3.8) is 0 Å². The van der Waals surface area contributed by atoms with Gasteiger partial charge in [-0.3, -0.25) is 9.69 Å². The van der Waals surface area contributed by atoms with Crippen molar-refractivity contribution < 1.29 is 4.79 Å². The van der Waals surface area contributed by atoms with Crippen LogP contribution >= 0.6 is 0 Å². The monoisotopic (exact) mass is 285 g/mol. The summed E-state index contributed by atoms with van der Waals surface area (Å²) >= 11 is 0. The summed E-state index contributed by atoms with van der Waals surface area (Å²) in [6.07, 6.45) is 6.85. The van der Waals surface area contributed by atoms with Crippen molar-refractivity contribution in [1.82, 2.24) is 10.2 Å². The molecule has 0 radical (unpaired) electrons. The highest BCUT2D eigenvalue weighted by Gasteiger charge is 2.27. The van der Waals surface area contributed by atoms with E-state index in [0.29, 0.717) is 17.7 Å². The molecule has 0 unspecified atom stereocenters. The Kier molecular flexibility index (Phi) is 4.25. The molecular weight excluding hydrogens is 262 g/mol. The van der Waals surface area contributed by atoms with Gasteiger partial charge in [-0.1, -0.05) is 30.3 Å². The molecule has 1 aromatic carbocycles. The van der Waals surface area contributed by atoms with Crippen molar-refractivity contribution in [3.05, 3.63) is 47.7 Å². The van der Waals surface area contributed by atoms with Gasteiger partial charge in [0, 0.05) is 12.6 Å². The van der Waals surface area contributed by atoms with Gasteiger partial charge in [-0.25, -0.2) is 0 Å². The molecule has 3 N–H and O–H groups in total. The number of nitrogens with one attached hydrogen (secondary N) is 1. The second kappa shape index (κ2) is 6.31. The standard InChI is InChI=1S/C17H23N3O/c18-17(21)16-10-11-20(12-19-16)15-8-6-14(7-9-15)13-4-2-1-3-5-13/h1-5,10,14-15,19H,6-9,11-12H2,(H2,18,21). The first-order valence-electron chi connectivity index (χ1n) is 7.77. The minimum absolute atomic E-state index is 0.359. The Morgan fingerprint density at radius 3 is 2.43 bits per heavy atom. The molecule has 1 amide bonds. The molecule has 1 aromatic rings.